The summed E-state index contributed by atoms with van der Waals surface area (Å²) >= 11 is 0. The van der Waals surface area contributed by atoms with Crippen LogP contribution in [0.15, 0.2) is 41.4 Å². The molecule has 2 saturated carbocycles. The molecule has 1 aromatic carbocycles. The Kier molecular flexibility index (Phi) is 6.63. The maximum Gasteiger partial charge on any atom is 0.281 e. The average molecular weight is 513 g/mol. The minimum atomic E-state index is -4.23. The van der Waals surface area contributed by atoms with E-state index < -0.39 is 21.5 Å². The summed E-state index contributed by atoms with van der Waals surface area (Å²) in [4.78, 5) is 30.9. The summed E-state index contributed by atoms with van der Waals surface area (Å²) in [6, 6.07) is 10.6. The molecule has 5 rings (SSSR count). The number of pyridine rings is 1. The Morgan fingerprint density at radius 1 is 1.14 bits per heavy atom. The molecule has 1 aromatic heterocycles. The van der Waals surface area contributed by atoms with Crippen LogP contribution in [-0.2, 0) is 19.6 Å². The molecule has 0 atom stereocenters. The molecule has 0 unspecified atom stereocenters. The molecule has 1 aliphatic heterocycles. The second-order valence-corrected chi connectivity index (χ2v) is 11.6. The molecular formula is C26H32N4O5S. The first-order chi connectivity index (χ1) is 17.3. The van der Waals surface area contributed by atoms with Crippen LogP contribution in [0, 0.1) is 6.92 Å². The molecule has 2 heterocycles. The number of piperazine rings is 1. The van der Waals surface area contributed by atoms with E-state index in [1.165, 1.54) is 25.3 Å². The lowest BCUT2D eigenvalue weighted by atomic mass is 9.83. The van der Waals surface area contributed by atoms with Gasteiger partial charge in [0.25, 0.3) is 15.9 Å². The standard InChI is InChI=1S/C26H32N4O5S/c1-18-7-5-10-20(19-8-3-2-4-9-19)24(18)35-26(13-14-26)25(32)29-36(33,34)23-12-6-11-21(28-23)30-16-15-27-22(31)17-30/h5-7,10-12,19H,2-4,8-9,13-17H2,1H3,(H,27,31)(H,29,32). The van der Waals surface area contributed by atoms with Crippen LogP contribution in [0.5, 0.6) is 5.75 Å². The second kappa shape index (κ2) is 9.72. The maximum atomic E-state index is 13.2. The summed E-state index contributed by atoms with van der Waals surface area (Å²) in [5, 5.41) is 2.46. The monoisotopic (exact) mass is 512 g/mol. The summed E-state index contributed by atoms with van der Waals surface area (Å²) in [7, 11) is -4.23. The number of aromatic nitrogens is 1. The average Bonchev–Trinajstić information content (AvgIpc) is 3.67. The van der Waals surface area contributed by atoms with Crippen molar-refractivity contribution >= 4 is 27.7 Å². The van der Waals surface area contributed by atoms with Gasteiger partial charge in [-0.05, 0) is 48.9 Å². The SMILES string of the molecule is Cc1cccc(C2CCCCC2)c1OC1(C(=O)NS(=O)(=O)c2cccc(N3CCNC(=O)C3)n2)CC1. The van der Waals surface area contributed by atoms with Crippen LogP contribution in [0.25, 0.3) is 0 Å². The van der Waals surface area contributed by atoms with Crippen LogP contribution in [0.1, 0.15) is 62.0 Å². The van der Waals surface area contributed by atoms with Crippen LogP contribution >= 0.6 is 0 Å². The predicted molar refractivity (Wildman–Crippen MR) is 134 cm³/mol. The van der Waals surface area contributed by atoms with Gasteiger partial charge in [-0.25, -0.2) is 9.71 Å². The zero-order valence-electron chi connectivity index (χ0n) is 20.5. The topological polar surface area (TPSA) is 118 Å². The second-order valence-electron chi connectivity index (χ2n) is 9.96. The molecule has 1 saturated heterocycles. The number of carbonyl (C=O) groups excluding carboxylic acids is 2. The van der Waals surface area contributed by atoms with Crippen molar-refractivity contribution in [3.63, 3.8) is 0 Å². The Balaban J connectivity index is 1.33. The van der Waals surface area contributed by atoms with E-state index in [1.54, 1.807) is 17.0 Å². The largest absolute Gasteiger partial charge is 0.477 e. The molecule has 9 nitrogen and oxygen atoms in total. The molecule has 36 heavy (non-hydrogen) atoms. The summed E-state index contributed by atoms with van der Waals surface area (Å²) in [5.74, 6) is 0.638. The number of rotatable bonds is 7. The van der Waals surface area contributed by atoms with E-state index in [4.69, 9.17) is 4.74 Å². The fourth-order valence-electron chi connectivity index (χ4n) is 5.07. The first-order valence-corrected chi connectivity index (χ1v) is 14.1. The van der Waals surface area contributed by atoms with E-state index >= 15 is 0 Å². The number of benzene rings is 1. The third-order valence-corrected chi connectivity index (χ3v) is 8.51. The van der Waals surface area contributed by atoms with Gasteiger partial charge in [0.05, 0.1) is 6.54 Å². The fourth-order valence-corrected chi connectivity index (χ4v) is 6.07. The number of amides is 2. The minimum Gasteiger partial charge on any atom is -0.477 e. The molecule has 2 aliphatic carbocycles. The summed E-state index contributed by atoms with van der Waals surface area (Å²) < 4.78 is 34.8. The van der Waals surface area contributed by atoms with Crippen molar-refractivity contribution in [1.82, 2.24) is 15.0 Å². The Morgan fingerprint density at radius 3 is 2.61 bits per heavy atom. The van der Waals surface area contributed by atoms with Gasteiger partial charge in [0, 0.05) is 25.9 Å². The summed E-state index contributed by atoms with van der Waals surface area (Å²) in [6.45, 7) is 3.03. The quantitative estimate of drug-likeness (QED) is 0.586. The van der Waals surface area contributed by atoms with E-state index in [1.807, 2.05) is 19.1 Å². The third kappa shape index (κ3) is 5.04. The molecule has 0 spiro atoms. The lowest BCUT2D eigenvalue weighted by Crippen LogP contribution is -2.48. The summed E-state index contributed by atoms with van der Waals surface area (Å²) in [5.41, 5.74) is 0.849. The number of hydrogen-bond acceptors (Lipinski definition) is 7. The van der Waals surface area contributed by atoms with Gasteiger partial charge in [0.2, 0.25) is 5.91 Å². The molecule has 2 aromatic rings. The number of sulfonamides is 1. The molecule has 0 radical (unpaired) electrons. The number of ether oxygens (including phenoxy) is 1. The number of carbonyl (C=O) groups is 2. The van der Waals surface area contributed by atoms with Crippen molar-refractivity contribution < 1.29 is 22.7 Å². The van der Waals surface area contributed by atoms with Gasteiger partial charge in [-0.2, -0.15) is 8.42 Å². The highest BCUT2D eigenvalue weighted by Gasteiger charge is 2.54. The molecule has 2 amide bonds. The molecule has 192 valence electrons. The van der Waals surface area contributed by atoms with Gasteiger partial charge in [0.1, 0.15) is 11.6 Å². The Hall–Kier alpha value is -3.14. The van der Waals surface area contributed by atoms with Gasteiger partial charge in [0.15, 0.2) is 10.6 Å². The molecule has 2 N–H and O–H groups in total. The number of para-hydroxylation sites is 1. The van der Waals surface area contributed by atoms with Crippen LogP contribution in [-0.4, -0.2) is 50.5 Å². The maximum absolute atomic E-state index is 13.2. The van der Waals surface area contributed by atoms with Crippen LogP contribution in [0.3, 0.4) is 0 Å². The molecule has 3 fully saturated rings. The van der Waals surface area contributed by atoms with E-state index in [2.05, 4.69) is 21.1 Å². The van der Waals surface area contributed by atoms with Crippen LogP contribution < -0.4 is 19.7 Å². The van der Waals surface area contributed by atoms with Crippen LogP contribution in [0.4, 0.5) is 5.82 Å². The van der Waals surface area contributed by atoms with Crippen molar-refractivity contribution in [2.75, 3.05) is 24.5 Å². The molecular weight excluding hydrogens is 480 g/mol. The Labute approximate surface area is 211 Å². The Morgan fingerprint density at radius 2 is 1.89 bits per heavy atom. The van der Waals surface area contributed by atoms with Crippen molar-refractivity contribution in [2.24, 2.45) is 0 Å². The predicted octanol–water partition coefficient (Wildman–Crippen LogP) is 2.79. The number of hydrogen-bond donors (Lipinski definition) is 2. The van der Waals surface area contributed by atoms with E-state index in [0.29, 0.717) is 43.4 Å². The van der Waals surface area contributed by atoms with Crippen molar-refractivity contribution in [2.45, 2.75) is 68.4 Å². The lowest BCUT2D eigenvalue weighted by molar-refractivity contribution is -0.128. The van der Waals surface area contributed by atoms with Crippen molar-refractivity contribution in [1.29, 1.82) is 0 Å². The Bertz CT molecular complexity index is 1270. The van der Waals surface area contributed by atoms with Crippen molar-refractivity contribution in [3.8, 4) is 5.75 Å². The normalized spacial score (nSPS) is 19.9. The number of aryl methyl sites for hydroxylation is 1. The number of nitrogens with zero attached hydrogens (tertiary/aromatic N) is 2. The summed E-state index contributed by atoms with van der Waals surface area (Å²) in [6.07, 6.45) is 6.67. The highest BCUT2D eigenvalue weighted by molar-refractivity contribution is 7.90. The van der Waals surface area contributed by atoms with E-state index in [0.717, 1.165) is 24.0 Å². The smallest absolute Gasteiger partial charge is 0.281 e. The molecule has 10 heteroatoms. The zero-order chi connectivity index (χ0) is 25.3. The van der Waals surface area contributed by atoms with Gasteiger partial charge < -0.3 is 15.0 Å². The molecule has 0 bridgehead atoms. The first kappa shape index (κ1) is 24.5. The van der Waals surface area contributed by atoms with E-state index in [9.17, 15) is 18.0 Å². The number of nitrogens with one attached hydrogen (secondary N) is 2. The molecule has 3 aliphatic rings. The number of anilines is 1. The zero-order valence-corrected chi connectivity index (χ0v) is 21.3. The van der Waals surface area contributed by atoms with Gasteiger partial charge in [-0.1, -0.05) is 43.5 Å². The third-order valence-electron chi connectivity index (χ3n) is 7.28. The van der Waals surface area contributed by atoms with Gasteiger partial charge in [-0.15, -0.1) is 0 Å². The lowest BCUT2D eigenvalue weighted by Gasteiger charge is -2.28. The minimum absolute atomic E-state index is 0.0968. The van der Waals surface area contributed by atoms with Gasteiger partial charge in [-0.3, -0.25) is 9.59 Å². The highest BCUT2D eigenvalue weighted by atomic mass is 32.2. The first-order valence-electron chi connectivity index (χ1n) is 12.6. The fraction of sp³-hybridized carbons (Fsp3) is 0.500. The van der Waals surface area contributed by atoms with Crippen LogP contribution in [0.2, 0.25) is 0 Å². The van der Waals surface area contributed by atoms with Gasteiger partial charge >= 0.3 is 0 Å². The highest BCUT2D eigenvalue weighted by Crippen LogP contribution is 2.46. The van der Waals surface area contributed by atoms with E-state index in [-0.39, 0.29) is 17.5 Å². The van der Waals surface area contributed by atoms with Crippen molar-refractivity contribution in [3.05, 3.63) is 47.5 Å².